The highest BCUT2D eigenvalue weighted by Crippen LogP contribution is 2.29. The van der Waals surface area contributed by atoms with Gasteiger partial charge in [-0.1, -0.05) is 17.7 Å². The summed E-state index contributed by atoms with van der Waals surface area (Å²) in [5.41, 5.74) is -0.344. The summed E-state index contributed by atoms with van der Waals surface area (Å²) in [6.07, 6.45) is 0. The smallest absolute Gasteiger partial charge is 0.284 e. The zero-order valence-electron chi connectivity index (χ0n) is 10.3. The lowest BCUT2D eigenvalue weighted by Crippen LogP contribution is -2.14. The first kappa shape index (κ1) is 15.4. The average molecular weight is 374 g/mol. The van der Waals surface area contributed by atoms with Crippen molar-refractivity contribution in [2.24, 2.45) is 0 Å². The molecule has 5 nitrogen and oxygen atoms in total. The van der Waals surface area contributed by atoms with E-state index in [0.29, 0.717) is 0 Å². The van der Waals surface area contributed by atoms with Gasteiger partial charge >= 0.3 is 0 Å². The fourth-order valence-corrected chi connectivity index (χ4v) is 2.38. The Labute approximate surface area is 132 Å². The van der Waals surface area contributed by atoms with Gasteiger partial charge in [0.05, 0.1) is 16.2 Å². The van der Waals surface area contributed by atoms with Crippen LogP contribution in [0.2, 0.25) is 5.02 Å². The van der Waals surface area contributed by atoms with Crippen molar-refractivity contribution in [1.82, 2.24) is 0 Å². The highest BCUT2D eigenvalue weighted by Gasteiger charge is 2.20. The number of benzene rings is 2. The van der Waals surface area contributed by atoms with Gasteiger partial charge in [0.2, 0.25) is 0 Å². The minimum atomic E-state index is -0.688. The monoisotopic (exact) mass is 372 g/mol. The highest BCUT2D eigenvalue weighted by atomic mass is 79.9. The van der Waals surface area contributed by atoms with E-state index in [1.165, 1.54) is 30.3 Å². The summed E-state index contributed by atoms with van der Waals surface area (Å²) in [5.74, 6) is -1.35. The SMILES string of the molecule is O=C(Nc1cc(Cl)ccc1F)c1cccc([N+](=O)[O-])c1Br. The molecule has 0 aromatic heterocycles. The number of nitro groups is 1. The first-order valence-corrected chi connectivity index (χ1v) is 6.76. The third kappa shape index (κ3) is 3.37. The van der Waals surface area contributed by atoms with Gasteiger partial charge in [-0.3, -0.25) is 14.9 Å². The molecule has 0 atom stereocenters. The van der Waals surface area contributed by atoms with Crippen molar-refractivity contribution in [3.05, 3.63) is 67.4 Å². The van der Waals surface area contributed by atoms with Crippen molar-refractivity contribution in [3.8, 4) is 0 Å². The van der Waals surface area contributed by atoms with E-state index >= 15 is 0 Å². The molecule has 0 aliphatic heterocycles. The molecule has 2 aromatic rings. The molecular formula is C13H7BrClFN2O3. The Morgan fingerprint density at radius 1 is 1.33 bits per heavy atom. The van der Waals surface area contributed by atoms with Crippen molar-refractivity contribution >= 4 is 44.8 Å². The molecule has 1 amide bonds. The van der Waals surface area contributed by atoms with Gasteiger partial charge in [0, 0.05) is 11.1 Å². The lowest BCUT2D eigenvalue weighted by molar-refractivity contribution is -0.385. The minimum Gasteiger partial charge on any atom is -0.319 e. The maximum Gasteiger partial charge on any atom is 0.284 e. The third-order valence-electron chi connectivity index (χ3n) is 2.60. The van der Waals surface area contributed by atoms with Crippen LogP contribution in [0, 0.1) is 15.9 Å². The van der Waals surface area contributed by atoms with Crippen LogP contribution in [0.5, 0.6) is 0 Å². The third-order valence-corrected chi connectivity index (χ3v) is 3.66. The van der Waals surface area contributed by atoms with Gasteiger partial charge in [0.1, 0.15) is 10.3 Å². The topological polar surface area (TPSA) is 72.2 Å². The van der Waals surface area contributed by atoms with Gasteiger partial charge in [-0.05, 0) is 40.2 Å². The number of nitrogens with zero attached hydrogens (tertiary/aromatic N) is 1. The molecule has 2 aromatic carbocycles. The molecule has 0 heterocycles. The first-order chi connectivity index (χ1) is 9.90. The Balaban J connectivity index is 2.35. The van der Waals surface area contributed by atoms with E-state index in [9.17, 15) is 19.3 Å². The molecule has 0 bridgehead atoms. The van der Waals surface area contributed by atoms with E-state index in [4.69, 9.17) is 11.6 Å². The van der Waals surface area contributed by atoms with Gasteiger partial charge in [0.15, 0.2) is 0 Å². The molecule has 0 aliphatic rings. The molecule has 0 saturated heterocycles. The number of carbonyl (C=O) groups excluding carboxylic acids is 1. The fourth-order valence-electron chi connectivity index (χ4n) is 1.62. The quantitative estimate of drug-likeness (QED) is 0.640. The molecule has 0 radical (unpaired) electrons. The molecule has 2 rings (SSSR count). The molecule has 21 heavy (non-hydrogen) atoms. The average Bonchev–Trinajstić information content (AvgIpc) is 2.42. The summed E-state index contributed by atoms with van der Waals surface area (Å²) in [6.45, 7) is 0. The lowest BCUT2D eigenvalue weighted by atomic mass is 10.2. The van der Waals surface area contributed by atoms with Crippen molar-refractivity contribution in [3.63, 3.8) is 0 Å². The molecule has 8 heteroatoms. The van der Waals surface area contributed by atoms with E-state index in [2.05, 4.69) is 21.2 Å². The van der Waals surface area contributed by atoms with E-state index in [-0.39, 0.29) is 26.4 Å². The van der Waals surface area contributed by atoms with Crippen LogP contribution in [0.4, 0.5) is 15.8 Å². The summed E-state index contributed by atoms with van der Waals surface area (Å²) in [7, 11) is 0. The summed E-state index contributed by atoms with van der Waals surface area (Å²) in [4.78, 5) is 22.3. The van der Waals surface area contributed by atoms with Crippen LogP contribution < -0.4 is 5.32 Å². The van der Waals surface area contributed by atoms with Crippen LogP contribution in [0.15, 0.2) is 40.9 Å². The van der Waals surface area contributed by atoms with Crippen LogP contribution in [-0.4, -0.2) is 10.8 Å². The number of rotatable bonds is 3. The molecule has 1 N–H and O–H groups in total. The van der Waals surface area contributed by atoms with Crippen LogP contribution in [-0.2, 0) is 0 Å². The Bertz CT molecular complexity index is 739. The van der Waals surface area contributed by atoms with E-state index in [0.717, 1.165) is 6.07 Å². The Morgan fingerprint density at radius 2 is 2.05 bits per heavy atom. The molecular weight excluding hydrogens is 367 g/mol. The minimum absolute atomic E-state index is 0.0172. The molecule has 108 valence electrons. The largest absolute Gasteiger partial charge is 0.319 e. The van der Waals surface area contributed by atoms with Crippen LogP contribution in [0.1, 0.15) is 10.4 Å². The summed E-state index contributed by atoms with van der Waals surface area (Å²) < 4.78 is 13.6. The van der Waals surface area contributed by atoms with Gasteiger partial charge in [-0.25, -0.2) is 4.39 Å². The number of nitrogens with one attached hydrogen (secondary N) is 1. The molecule has 0 unspecified atom stereocenters. The molecule has 0 spiro atoms. The standard InChI is InChI=1S/C13H7BrClFN2O3/c14-12-8(2-1-3-11(12)18(20)21)13(19)17-10-6-7(15)4-5-9(10)16/h1-6H,(H,17,19). The number of carbonyl (C=O) groups is 1. The van der Waals surface area contributed by atoms with Crippen LogP contribution in [0.25, 0.3) is 0 Å². The van der Waals surface area contributed by atoms with E-state index in [1.807, 2.05) is 0 Å². The van der Waals surface area contributed by atoms with E-state index in [1.54, 1.807) is 0 Å². The lowest BCUT2D eigenvalue weighted by Gasteiger charge is -2.08. The fraction of sp³-hybridized carbons (Fsp3) is 0. The molecule has 0 aliphatic carbocycles. The summed E-state index contributed by atoms with van der Waals surface area (Å²) >= 11 is 8.73. The second kappa shape index (κ2) is 6.19. The Morgan fingerprint density at radius 3 is 2.71 bits per heavy atom. The van der Waals surface area contributed by atoms with Gasteiger partial charge in [-0.15, -0.1) is 0 Å². The summed E-state index contributed by atoms with van der Waals surface area (Å²) in [6, 6.07) is 7.71. The van der Waals surface area contributed by atoms with Crippen molar-refractivity contribution < 1.29 is 14.1 Å². The Hall–Kier alpha value is -1.99. The number of hydrogen-bond donors (Lipinski definition) is 1. The number of anilines is 1. The van der Waals surface area contributed by atoms with Crippen molar-refractivity contribution in [2.75, 3.05) is 5.32 Å². The van der Waals surface area contributed by atoms with Gasteiger partial charge in [0.25, 0.3) is 11.6 Å². The number of hydrogen-bond acceptors (Lipinski definition) is 3. The highest BCUT2D eigenvalue weighted by molar-refractivity contribution is 9.10. The van der Waals surface area contributed by atoms with Crippen LogP contribution >= 0.6 is 27.5 Å². The number of nitro benzene ring substituents is 1. The first-order valence-electron chi connectivity index (χ1n) is 5.59. The summed E-state index contributed by atoms with van der Waals surface area (Å²) in [5, 5.41) is 13.4. The molecule has 0 fully saturated rings. The zero-order valence-corrected chi connectivity index (χ0v) is 12.6. The van der Waals surface area contributed by atoms with Crippen LogP contribution in [0.3, 0.4) is 0 Å². The zero-order chi connectivity index (χ0) is 15.6. The Kier molecular flexibility index (Phi) is 4.54. The maximum atomic E-state index is 13.6. The number of amides is 1. The maximum absolute atomic E-state index is 13.6. The van der Waals surface area contributed by atoms with Gasteiger partial charge in [-0.2, -0.15) is 0 Å². The predicted molar refractivity (Wildman–Crippen MR) is 80.2 cm³/mol. The van der Waals surface area contributed by atoms with Crippen molar-refractivity contribution in [2.45, 2.75) is 0 Å². The molecule has 0 saturated carbocycles. The van der Waals surface area contributed by atoms with Gasteiger partial charge < -0.3 is 5.32 Å². The normalized spacial score (nSPS) is 10.2. The second-order valence-corrected chi connectivity index (χ2v) is 5.20. The van der Waals surface area contributed by atoms with Crippen molar-refractivity contribution in [1.29, 1.82) is 0 Å². The number of halogens is 3. The van der Waals surface area contributed by atoms with E-state index < -0.39 is 16.6 Å². The predicted octanol–water partition coefficient (Wildman–Crippen LogP) is 4.40. The second-order valence-electron chi connectivity index (χ2n) is 3.97.